The van der Waals surface area contributed by atoms with E-state index in [1.165, 1.54) is 14.0 Å². The van der Waals surface area contributed by atoms with E-state index >= 15 is 0 Å². The van der Waals surface area contributed by atoms with Crippen molar-refractivity contribution in [1.29, 1.82) is 0 Å². The molecule has 1 rings (SSSR count). The van der Waals surface area contributed by atoms with E-state index in [1.54, 1.807) is 18.2 Å². The van der Waals surface area contributed by atoms with E-state index in [-0.39, 0.29) is 12.5 Å². The summed E-state index contributed by atoms with van der Waals surface area (Å²) in [5.41, 5.74) is 6.51. The lowest BCUT2D eigenvalue weighted by molar-refractivity contribution is -0.119. The number of amides is 1. The van der Waals surface area contributed by atoms with Gasteiger partial charge in [0.1, 0.15) is 18.0 Å². The van der Waals surface area contributed by atoms with Gasteiger partial charge in [0.15, 0.2) is 0 Å². The number of aliphatic hydroxyl groups excluding tert-OH is 2. The van der Waals surface area contributed by atoms with Gasteiger partial charge in [0.05, 0.1) is 7.11 Å². The third-order valence-electron chi connectivity index (χ3n) is 2.45. The van der Waals surface area contributed by atoms with Crippen LogP contribution < -0.4 is 15.8 Å². The molecule has 0 aliphatic rings. The zero-order valence-corrected chi connectivity index (χ0v) is 10.4. The first-order chi connectivity index (χ1) is 8.43. The van der Waals surface area contributed by atoms with Gasteiger partial charge in [-0.2, -0.15) is 0 Å². The molecule has 1 aromatic carbocycles. The highest BCUT2D eigenvalue weighted by Gasteiger charge is 2.19. The maximum Gasteiger partial charge on any atom is 0.216 e. The molecule has 0 heterocycles. The molecule has 100 valence electrons. The number of carbonyl (C=O) groups is 1. The second kappa shape index (κ2) is 6.23. The molecule has 0 spiro atoms. The van der Waals surface area contributed by atoms with Crippen LogP contribution in [0.15, 0.2) is 18.2 Å². The van der Waals surface area contributed by atoms with E-state index in [4.69, 9.17) is 10.5 Å². The van der Waals surface area contributed by atoms with Crippen molar-refractivity contribution in [2.75, 3.05) is 19.4 Å². The maximum absolute atomic E-state index is 10.7. The normalized spacial score (nSPS) is 13.8. The Kier molecular flexibility index (Phi) is 4.94. The lowest BCUT2D eigenvalue weighted by atomic mass is 10.0. The fourth-order valence-electron chi connectivity index (χ4n) is 1.52. The molecule has 1 aromatic rings. The van der Waals surface area contributed by atoms with E-state index in [0.717, 1.165) is 0 Å². The number of aliphatic hydroxyl groups is 2. The molecule has 0 aliphatic carbocycles. The summed E-state index contributed by atoms with van der Waals surface area (Å²) in [7, 11) is 1.48. The summed E-state index contributed by atoms with van der Waals surface area (Å²) in [5.74, 6) is 0.224. The van der Waals surface area contributed by atoms with Gasteiger partial charge >= 0.3 is 0 Å². The third kappa shape index (κ3) is 3.90. The van der Waals surface area contributed by atoms with E-state index in [1.807, 2.05) is 0 Å². The number of benzene rings is 1. The zero-order valence-electron chi connectivity index (χ0n) is 10.4. The molecule has 6 heteroatoms. The Hall–Kier alpha value is -1.79. The molecule has 0 radical (unpaired) electrons. The fourth-order valence-corrected chi connectivity index (χ4v) is 1.52. The minimum Gasteiger partial charge on any atom is -0.497 e. The summed E-state index contributed by atoms with van der Waals surface area (Å²) < 4.78 is 5.02. The lowest BCUT2D eigenvalue weighted by Crippen LogP contribution is -2.34. The number of ether oxygens (including phenoxy) is 1. The first kappa shape index (κ1) is 14.3. The van der Waals surface area contributed by atoms with Crippen molar-refractivity contribution >= 4 is 11.6 Å². The molecule has 1 amide bonds. The number of methoxy groups -OCH3 is 1. The summed E-state index contributed by atoms with van der Waals surface area (Å²) in [5, 5.41) is 22.1. The minimum absolute atomic E-state index is 0.0341. The van der Waals surface area contributed by atoms with E-state index < -0.39 is 12.2 Å². The number of hydrogen-bond acceptors (Lipinski definition) is 5. The van der Waals surface area contributed by atoms with Crippen LogP contribution in [-0.2, 0) is 4.79 Å². The van der Waals surface area contributed by atoms with E-state index in [9.17, 15) is 15.0 Å². The minimum atomic E-state index is -1.14. The second-order valence-corrected chi connectivity index (χ2v) is 3.99. The summed E-state index contributed by atoms with van der Waals surface area (Å²) in [6.07, 6.45) is -2.25. The highest BCUT2D eigenvalue weighted by molar-refractivity contribution is 5.72. The Labute approximate surface area is 105 Å². The summed E-state index contributed by atoms with van der Waals surface area (Å²) in [6, 6.07) is 4.73. The van der Waals surface area contributed by atoms with Crippen molar-refractivity contribution in [3.63, 3.8) is 0 Å². The van der Waals surface area contributed by atoms with Crippen LogP contribution in [0.1, 0.15) is 18.6 Å². The van der Waals surface area contributed by atoms with Crippen molar-refractivity contribution in [2.45, 2.75) is 19.1 Å². The van der Waals surface area contributed by atoms with Crippen LogP contribution in [0.5, 0.6) is 5.75 Å². The molecular weight excluding hydrogens is 236 g/mol. The molecule has 5 N–H and O–H groups in total. The van der Waals surface area contributed by atoms with Crippen LogP contribution in [0.4, 0.5) is 5.69 Å². The van der Waals surface area contributed by atoms with Gasteiger partial charge in [0, 0.05) is 25.2 Å². The number of hydrogen-bond donors (Lipinski definition) is 4. The van der Waals surface area contributed by atoms with Gasteiger partial charge < -0.3 is 26.0 Å². The van der Waals surface area contributed by atoms with Gasteiger partial charge in [-0.05, 0) is 17.7 Å². The molecule has 0 fully saturated rings. The average Bonchev–Trinajstić information content (AvgIpc) is 2.34. The number of carbonyl (C=O) groups excluding carboxylic acids is 1. The standard InChI is InChI=1S/C12H18N2O4/c1-7(15)14-6-11(16)12(17)8-3-9(13)5-10(4-8)18-2/h3-5,11-12,16-17H,6,13H2,1-2H3,(H,14,15). The van der Waals surface area contributed by atoms with Gasteiger partial charge in [0.2, 0.25) is 5.91 Å². The lowest BCUT2D eigenvalue weighted by Gasteiger charge is -2.19. The van der Waals surface area contributed by atoms with E-state index in [0.29, 0.717) is 17.0 Å². The van der Waals surface area contributed by atoms with Gasteiger partial charge in [-0.15, -0.1) is 0 Å². The first-order valence-corrected chi connectivity index (χ1v) is 5.49. The summed E-state index contributed by atoms with van der Waals surface area (Å²) >= 11 is 0. The predicted molar refractivity (Wildman–Crippen MR) is 67.1 cm³/mol. The summed E-state index contributed by atoms with van der Waals surface area (Å²) in [4.78, 5) is 10.7. The van der Waals surface area contributed by atoms with Gasteiger partial charge in [-0.1, -0.05) is 0 Å². The number of anilines is 1. The zero-order chi connectivity index (χ0) is 13.7. The SMILES string of the molecule is COc1cc(N)cc(C(O)C(O)CNC(C)=O)c1. The maximum atomic E-state index is 10.7. The van der Waals surface area contributed by atoms with Crippen molar-refractivity contribution in [2.24, 2.45) is 0 Å². The quantitative estimate of drug-likeness (QED) is 0.545. The summed E-state index contributed by atoms with van der Waals surface area (Å²) in [6.45, 7) is 1.30. The Morgan fingerprint density at radius 1 is 1.44 bits per heavy atom. The molecule has 2 unspecified atom stereocenters. The first-order valence-electron chi connectivity index (χ1n) is 5.49. The third-order valence-corrected chi connectivity index (χ3v) is 2.45. The van der Waals surface area contributed by atoms with Crippen LogP contribution in [0.3, 0.4) is 0 Å². The van der Waals surface area contributed by atoms with Crippen LogP contribution >= 0.6 is 0 Å². The molecule has 0 aromatic heterocycles. The van der Waals surface area contributed by atoms with Crippen molar-refractivity contribution < 1.29 is 19.7 Å². The largest absolute Gasteiger partial charge is 0.497 e. The van der Waals surface area contributed by atoms with Crippen molar-refractivity contribution in [1.82, 2.24) is 5.32 Å². The highest BCUT2D eigenvalue weighted by Crippen LogP contribution is 2.25. The Balaban J connectivity index is 2.79. The van der Waals surface area contributed by atoms with Gasteiger partial charge in [-0.25, -0.2) is 0 Å². The highest BCUT2D eigenvalue weighted by atomic mass is 16.5. The van der Waals surface area contributed by atoms with Crippen LogP contribution in [-0.4, -0.2) is 35.9 Å². The molecule has 0 aliphatic heterocycles. The monoisotopic (exact) mass is 254 g/mol. The van der Waals surface area contributed by atoms with Crippen LogP contribution in [0.2, 0.25) is 0 Å². The van der Waals surface area contributed by atoms with Gasteiger partial charge in [-0.3, -0.25) is 4.79 Å². The molecule has 0 bridgehead atoms. The number of nitrogen functional groups attached to an aromatic ring is 1. The predicted octanol–water partition coefficient (Wildman–Crippen LogP) is -0.192. The number of rotatable bonds is 5. The molecule has 0 saturated heterocycles. The Morgan fingerprint density at radius 2 is 2.11 bits per heavy atom. The van der Waals surface area contributed by atoms with E-state index in [2.05, 4.69) is 5.32 Å². The fraction of sp³-hybridized carbons (Fsp3) is 0.417. The Bertz CT molecular complexity index is 423. The Morgan fingerprint density at radius 3 is 2.67 bits per heavy atom. The second-order valence-electron chi connectivity index (χ2n) is 3.99. The number of nitrogens with one attached hydrogen (secondary N) is 1. The van der Waals surface area contributed by atoms with Crippen LogP contribution in [0, 0.1) is 0 Å². The van der Waals surface area contributed by atoms with Crippen LogP contribution in [0.25, 0.3) is 0 Å². The molecule has 0 saturated carbocycles. The smallest absolute Gasteiger partial charge is 0.216 e. The molecule has 18 heavy (non-hydrogen) atoms. The molecular formula is C12H18N2O4. The average molecular weight is 254 g/mol. The van der Waals surface area contributed by atoms with Crippen molar-refractivity contribution in [3.8, 4) is 5.75 Å². The molecule has 2 atom stereocenters. The van der Waals surface area contributed by atoms with Crippen molar-refractivity contribution in [3.05, 3.63) is 23.8 Å². The molecule has 6 nitrogen and oxygen atoms in total. The van der Waals surface area contributed by atoms with Gasteiger partial charge in [0.25, 0.3) is 0 Å². The number of nitrogens with two attached hydrogens (primary N) is 1. The topological polar surface area (TPSA) is 105 Å².